The summed E-state index contributed by atoms with van der Waals surface area (Å²) in [7, 11) is 0. The molecule has 0 aromatic heterocycles. The third-order valence-electron chi connectivity index (χ3n) is 4.08. The van der Waals surface area contributed by atoms with Gasteiger partial charge in [0.25, 0.3) is 0 Å². The smallest absolute Gasteiger partial charge is 0.00507 e. The molecule has 1 N–H and O–H groups in total. The maximum Gasteiger partial charge on any atom is 0.00507 e. The highest BCUT2D eigenvalue weighted by atomic mass is 15.2. The lowest BCUT2D eigenvalue weighted by molar-refractivity contribution is -0.0951. The predicted octanol–water partition coefficient (Wildman–Crippen LogP) is 2.11. The summed E-state index contributed by atoms with van der Waals surface area (Å²) in [5, 5.41) is 3.43. The Morgan fingerprint density at radius 1 is 1.27 bits per heavy atom. The van der Waals surface area contributed by atoms with Crippen molar-refractivity contribution in [1.82, 2.24) is 10.2 Å². The van der Waals surface area contributed by atoms with Crippen LogP contribution < -0.4 is 5.32 Å². The van der Waals surface area contributed by atoms with E-state index in [2.05, 4.69) is 24.1 Å². The van der Waals surface area contributed by atoms with Gasteiger partial charge in [0.15, 0.2) is 0 Å². The topological polar surface area (TPSA) is 15.3 Å². The van der Waals surface area contributed by atoms with Crippen LogP contribution in [0.1, 0.15) is 39.5 Å². The van der Waals surface area contributed by atoms with Gasteiger partial charge in [0.2, 0.25) is 0 Å². The molecule has 0 radical (unpaired) electrons. The first-order valence-electron chi connectivity index (χ1n) is 6.71. The Bertz CT molecular complexity index is 189. The first-order chi connectivity index (χ1) is 7.28. The van der Waals surface area contributed by atoms with E-state index in [4.69, 9.17) is 0 Å². The van der Waals surface area contributed by atoms with Gasteiger partial charge in [-0.1, -0.05) is 13.8 Å². The monoisotopic (exact) mass is 210 g/mol. The van der Waals surface area contributed by atoms with Crippen molar-refractivity contribution in [1.29, 1.82) is 0 Å². The van der Waals surface area contributed by atoms with Crippen LogP contribution in [0.25, 0.3) is 0 Å². The van der Waals surface area contributed by atoms with E-state index in [-0.39, 0.29) is 0 Å². The normalized spacial score (nSPS) is 25.2. The fourth-order valence-corrected chi connectivity index (χ4v) is 3.49. The van der Waals surface area contributed by atoms with Crippen LogP contribution in [0, 0.1) is 11.3 Å². The zero-order valence-electron chi connectivity index (χ0n) is 10.4. The molecule has 0 atom stereocenters. The Morgan fingerprint density at radius 3 is 2.60 bits per heavy atom. The molecular weight excluding hydrogens is 184 g/mol. The van der Waals surface area contributed by atoms with Crippen molar-refractivity contribution in [2.45, 2.75) is 39.5 Å². The minimum Gasteiger partial charge on any atom is -0.317 e. The van der Waals surface area contributed by atoms with Gasteiger partial charge in [0.1, 0.15) is 0 Å². The molecule has 2 rings (SSSR count). The van der Waals surface area contributed by atoms with Gasteiger partial charge in [-0.2, -0.15) is 0 Å². The second kappa shape index (κ2) is 4.84. The molecule has 0 amide bonds. The van der Waals surface area contributed by atoms with Crippen molar-refractivity contribution in [2.75, 3.05) is 32.7 Å². The summed E-state index contributed by atoms with van der Waals surface area (Å²) < 4.78 is 0. The number of hydrogen-bond acceptors (Lipinski definition) is 2. The minimum atomic E-state index is 0.784. The van der Waals surface area contributed by atoms with E-state index in [1.165, 1.54) is 51.9 Å². The molecule has 2 nitrogen and oxygen atoms in total. The van der Waals surface area contributed by atoms with Crippen molar-refractivity contribution in [3.8, 4) is 0 Å². The van der Waals surface area contributed by atoms with Gasteiger partial charge in [0, 0.05) is 13.1 Å². The number of nitrogens with zero attached hydrogens (tertiary/aromatic N) is 1. The summed E-state index contributed by atoms with van der Waals surface area (Å²) in [6.07, 6.45) is 5.75. The SMILES string of the molecule is CCCN1CC2(CC(CCNCC)C2)C1. The van der Waals surface area contributed by atoms with E-state index < -0.39 is 0 Å². The third-order valence-corrected chi connectivity index (χ3v) is 4.08. The summed E-state index contributed by atoms with van der Waals surface area (Å²) in [4.78, 5) is 2.63. The molecule has 15 heavy (non-hydrogen) atoms. The van der Waals surface area contributed by atoms with Crippen LogP contribution in [-0.2, 0) is 0 Å². The van der Waals surface area contributed by atoms with Crippen LogP contribution in [0.4, 0.5) is 0 Å². The number of nitrogens with one attached hydrogen (secondary N) is 1. The van der Waals surface area contributed by atoms with Crippen LogP contribution in [-0.4, -0.2) is 37.6 Å². The molecule has 0 aromatic carbocycles. The molecule has 1 aliphatic carbocycles. The molecule has 2 heteroatoms. The van der Waals surface area contributed by atoms with Crippen molar-refractivity contribution in [3.63, 3.8) is 0 Å². The van der Waals surface area contributed by atoms with Gasteiger partial charge in [0.05, 0.1) is 0 Å². The Morgan fingerprint density at radius 2 is 2.00 bits per heavy atom. The summed E-state index contributed by atoms with van der Waals surface area (Å²) >= 11 is 0. The van der Waals surface area contributed by atoms with E-state index in [0.717, 1.165) is 17.9 Å². The minimum absolute atomic E-state index is 0.784. The first kappa shape index (κ1) is 11.4. The second-order valence-corrected chi connectivity index (χ2v) is 5.63. The van der Waals surface area contributed by atoms with Gasteiger partial charge < -0.3 is 10.2 Å². The maximum absolute atomic E-state index is 3.43. The number of rotatable bonds is 6. The lowest BCUT2D eigenvalue weighted by Gasteiger charge is -2.59. The summed E-state index contributed by atoms with van der Waals surface area (Å²) in [5.41, 5.74) is 0.784. The molecule has 1 saturated carbocycles. The first-order valence-corrected chi connectivity index (χ1v) is 6.71. The highest BCUT2D eigenvalue weighted by Gasteiger charge is 2.51. The third kappa shape index (κ3) is 2.54. The van der Waals surface area contributed by atoms with Crippen LogP contribution >= 0.6 is 0 Å². The van der Waals surface area contributed by atoms with Crippen molar-refractivity contribution < 1.29 is 0 Å². The number of likely N-dealkylation sites (tertiary alicyclic amines) is 1. The fraction of sp³-hybridized carbons (Fsp3) is 1.00. The lowest BCUT2D eigenvalue weighted by Crippen LogP contribution is -2.62. The van der Waals surface area contributed by atoms with Crippen LogP contribution in [0.5, 0.6) is 0 Å². The van der Waals surface area contributed by atoms with Crippen LogP contribution in [0.2, 0.25) is 0 Å². The summed E-state index contributed by atoms with van der Waals surface area (Å²) in [5.74, 6) is 1.04. The standard InChI is InChI=1S/C13H26N2/c1-3-7-15-10-13(11-15)8-12(9-13)5-6-14-4-2/h12,14H,3-11H2,1-2H3. The van der Waals surface area contributed by atoms with E-state index in [1.807, 2.05) is 0 Å². The summed E-state index contributed by atoms with van der Waals surface area (Å²) in [6, 6.07) is 0. The average Bonchev–Trinajstić information content (AvgIpc) is 2.10. The summed E-state index contributed by atoms with van der Waals surface area (Å²) in [6.45, 7) is 11.0. The zero-order valence-corrected chi connectivity index (χ0v) is 10.4. The van der Waals surface area contributed by atoms with Gasteiger partial charge in [-0.25, -0.2) is 0 Å². The molecule has 1 heterocycles. The molecule has 2 fully saturated rings. The van der Waals surface area contributed by atoms with E-state index in [0.29, 0.717) is 0 Å². The molecule has 1 saturated heterocycles. The Balaban J connectivity index is 1.55. The molecular formula is C13H26N2. The molecule has 2 aliphatic rings. The van der Waals surface area contributed by atoms with E-state index in [9.17, 15) is 0 Å². The molecule has 0 aromatic rings. The Kier molecular flexibility index (Phi) is 3.68. The zero-order chi connectivity index (χ0) is 10.7. The van der Waals surface area contributed by atoms with Crippen molar-refractivity contribution >= 4 is 0 Å². The molecule has 1 spiro atoms. The molecule has 0 bridgehead atoms. The van der Waals surface area contributed by atoms with E-state index >= 15 is 0 Å². The largest absolute Gasteiger partial charge is 0.317 e. The van der Waals surface area contributed by atoms with Crippen LogP contribution in [0.15, 0.2) is 0 Å². The lowest BCUT2D eigenvalue weighted by atomic mass is 9.57. The average molecular weight is 210 g/mol. The van der Waals surface area contributed by atoms with Gasteiger partial charge in [-0.05, 0) is 56.7 Å². The maximum atomic E-state index is 3.43. The molecule has 1 aliphatic heterocycles. The van der Waals surface area contributed by atoms with Gasteiger partial charge in [-0.15, -0.1) is 0 Å². The molecule has 0 unspecified atom stereocenters. The van der Waals surface area contributed by atoms with E-state index in [1.54, 1.807) is 0 Å². The highest BCUT2D eigenvalue weighted by molar-refractivity contribution is 5.03. The van der Waals surface area contributed by atoms with Crippen LogP contribution in [0.3, 0.4) is 0 Å². The molecule has 88 valence electrons. The predicted molar refractivity (Wildman–Crippen MR) is 65.0 cm³/mol. The van der Waals surface area contributed by atoms with Gasteiger partial charge in [-0.3, -0.25) is 0 Å². The second-order valence-electron chi connectivity index (χ2n) is 5.63. The Labute approximate surface area is 94.4 Å². The Hall–Kier alpha value is -0.0800. The fourth-order valence-electron chi connectivity index (χ4n) is 3.49. The number of hydrogen-bond donors (Lipinski definition) is 1. The van der Waals surface area contributed by atoms with Crippen molar-refractivity contribution in [2.24, 2.45) is 11.3 Å². The van der Waals surface area contributed by atoms with Gasteiger partial charge >= 0.3 is 0 Å². The quantitative estimate of drug-likeness (QED) is 0.676. The highest BCUT2D eigenvalue weighted by Crippen LogP contribution is 2.52. The van der Waals surface area contributed by atoms with Crippen molar-refractivity contribution in [3.05, 3.63) is 0 Å².